The van der Waals surface area contributed by atoms with Crippen LogP contribution in [0.15, 0.2) is 41.0 Å². The molecule has 0 aliphatic heterocycles. The number of amides is 1. The van der Waals surface area contributed by atoms with E-state index in [0.29, 0.717) is 44.7 Å². The van der Waals surface area contributed by atoms with Crippen molar-refractivity contribution in [3.63, 3.8) is 0 Å². The van der Waals surface area contributed by atoms with Gasteiger partial charge in [-0.3, -0.25) is 14.2 Å². The Hall–Kier alpha value is -2.02. The smallest absolute Gasteiger partial charge is 0.263 e. The van der Waals surface area contributed by atoms with Gasteiger partial charge in [-0.1, -0.05) is 43.5 Å². The number of rotatable bonds is 7. The zero-order chi connectivity index (χ0) is 22.9. The number of methoxy groups -OCH3 is 1. The molecule has 0 radical (unpaired) electrons. The van der Waals surface area contributed by atoms with Gasteiger partial charge in [-0.2, -0.15) is 0 Å². The summed E-state index contributed by atoms with van der Waals surface area (Å²) < 4.78 is 7.59. The standard InChI is InChI=1S/C23H23BrCl2N2O3/c1-4-8-23(5-2,22(27)30)17-12-28(20-16(17)10-14(31-3)11-18(20)24)21(29)15-7-6-13(25)9-19(15)26/h6-7,9-12H,4-5,8H2,1-3H3,(H2,27,30). The van der Waals surface area contributed by atoms with Crippen LogP contribution >= 0.6 is 39.1 Å². The minimum atomic E-state index is -0.922. The summed E-state index contributed by atoms with van der Waals surface area (Å²) in [7, 11) is 1.57. The molecule has 164 valence electrons. The van der Waals surface area contributed by atoms with Gasteiger partial charge in [0.1, 0.15) is 5.75 Å². The molecule has 2 N–H and O–H groups in total. The summed E-state index contributed by atoms with van der Waals surface area (Å²) in [6.45, 7) is 3.93. The lowest BCUT2D eigenvalue weighted by Gasteiger charge is -2.29. The second-order valence-electron chi connectivity index (χ2n) is 7.40. The first-order valence-corrected chi connectivity index (χ1v) is 11.4. The molecule has 3 aromatic rings. The molecular weight excluding hydrogens is 503 g/mol. The Balaban J connectivity index is 2.38. The van der Waals surface area contributed by atoms with E-state index in [1.807, 2.05) is 19.9 Å². The van der Waals surface area contributed by atoms with Crippen molar-refractivity contribution in [1.29, 1.82) is 0 Å². The topological polar surface area (TPSA) is 74.3 Å². The molecule has 5 nitrogen and oxygen atoms in total. The Morgan fingerprint density at radius 2 is 1.90 bits per heavy atom. The van der Waals surface area contributed by atoms with Crippen LogP contribution in [0.2, 0.25) is 10.0 Å². The predicted octanol–water partition coefficient (Wildman–Crippen LogP) is 6.34. The molecule has 1 atom stereocenters. The van der Waals surface area contributed by atoms with Gasteiger partial charge in [-0.05, 0) is 64.7 Å². The Bertz CT molecular complexity index is 1180. The molecule has 0 bridgehead atoms. The molecule has 0 aliphatic carbocycles. The third-order valence-electron chi connectivity index (χ3n) is 5.71. The van der Waals surface area contributed by atoms with Crippen LogP contribution in [0.3, 0.4) is 0 Å². The number of halogens is 3. The number of nitrogens with zero attached hydrogens (tertiary/aromatic N) is 1. The number of nitrogens with two attached hydrogens (primary N) is 1. The first-order chi connectivity index (χ1) is 14.7. The summed E-state index contributed by atoms with van der Waals surface area (Å²) in [6.07, 6.45) is 3.51. The Kier molecular flexibility index (Phi) is 7.04. The van der Waals surface area contributed by atoms with Gasteiger partial charge in [-0.15, -0.1) is 0 Å². The van der Waals surface area contributed by atoms with E-state index in [1.165, 1.54) is 10.6 Å². The van der Waals surface area contributed by atoms with Gasteiger partial charge in [0.2, 0.25) is 5.91 Å². The lowest BCUT2D eigenvalue weighted by molar-refractivity contribution is -0.124. The first-order valence-electron chi connectivity index (χ1n) is 9.88. The van der Waals surface area contributed by atoms with Crippen LogP contribution in [-0.2, 0) is 10.2 Å². The second-order valence-corrected chi connectivity index (χ2v) is 9.10. The van der Waals surface area contributed by atoms with Crippen molar-refractivity contribution >= 4 is 61.8 Å². The van der Waals surface area contributed by atoms with E-state index in [2.05, 4.69) is 15.9 Å². The fourth-order valence-electron chi connectivity index (χ4n) is 4.10. The number of hydrogen-bond acceptors (Lipinski definition) is 3. The third-order valence-corrected chi connectivity index (χ3v) is 6.86. The van der Waals surface area contributed by atoms with Crippen LogP contribution in [0.4, 0.5) is 0 Å². The van der Waals surface area contributed by atoms with Crippen molar-refractivity contribution in [1.82, 2.24) is 4.57 Å². The fraction of sp³-hybridized carbons (Fsp3) is 0.304. The van der Waals surface area contributed by atoms with Crippen LogP contribution in [0.25, 0.3) is 10.9 Å². The maximum atomic E-state index is 13.5. The Labute approximate surface area is 199 Å². The van der Waals surface area contributed by atoms with Crippen molar-refractivity contribution in [3.8, 4) is 5.75 Å². The number of carbonyl (C=O) groups is 2. The molecule has 1 unspecified atom stereocenters. The van der Waals surface area contributed by atoms with Gasteiger partial charge in [0.05, 0.1) is 28.6 Å². The highest BCUT2D eigenvalue weighted by molar-refractivity contribution is 9.10. The van der Waals surface area contributed by atoms with E-state index in [-0.39, 0.29) is 10.9 Å². The SMILES string of the molecule is CCCC(CC)(C(N)=O)c1cn(C(=O)c2ccc(Cl)cc2Cl)c2c(Br)cc(OC)cc12. The maximum Gasteiger partial charge on any atom is 0.263 e. The summed E-state index contributed by atoms with van der Waals surface area (Å²) in [5.41, 5.74) is 6.61. The van der Waals surface area contributed by atoms with Crippen LogP contribution in [0.5, 0.6) is 5.75 Å². The first kappa shape index (κ1) is 23.6. The normalized spacial score (nSPS) is 13.2. The molecule has 0 aliphatic rings. The third kappa shape index (κ3) is 4.09. The van der Waals surface area contributed by atoms with Crippen molar-refractivity contribution < 1.29 is 14.3 Å². The molecule has 31 heavy (non-hydrogen) atoms. The highest BCUT2D eigenvalue weighted by Crippen LogP contribution is 2.42. The molecule has 0 spiro atoms. The van der Waals surface area contributed by atoms with Crippen LogP contribution in [-0.4, -0.2) is 23.5 Å². The monoisotopic (exact) mass is 524 g/mol. The molecule has 2 aromatic carbocycles. The van der Waals surface area contributed by atoms with Gasteiger partial charge in [0.15, 0.2) is 0 Å². The number of benzene rings is 2. The number of primary amides is 1. The lowest BCUT2D eigenvalue weighted by atomic mass is 9.74. The summed E-state index contributed by atoms with van der Waals surface area (Å²) >= 11 is 15.9. The molecule has 0 saturated heterocycles. The zero-order valence-corrected chi connectivity index (χ0v) is 20.6. The minimum Gasteiger partial charge on any atom is -0.497 e. The number of aromatic nitrogens is 1. The number of hydrogen-bond donors (Lipinski definition) is 1. The Morgan fingerprint density at radius 1 is 1.19 bits per heavy atom. The highest BCUT2D eigenvalue weighted by atomic mass is 79.9. The molecule has 1 aromatic heterocycles. The highest BCUT2D eigenvalue weighted by Gasteiger charge is 2.39. The maximum absolute atomic E-state index is 13.5. The van der Waals surface area contributed by atoms with E-state index in [9.17, 15) is 9.59 Å². The minimum absolute atomic E-state index is 0.246. The van der Waals surface area contributed by atoms with E-state index in [1.54, 1.807) is 31.5 Å². The van der Waals surface area contributed by atoms with Crippen molar-refractivity contribution in [2.45, 2.75) is 38.5 Å². The van der Waals surface area contributed by atoms with Crippen molar-refractivity contribution in [3.05, 3.63) is 62.2 Å². The lowest BCUT2D eigenvalue weighted by Crippen LogP contribution is -2.40. The van der Waals surface area contributed by atoms with Gasteiger partial charge in [0.25, 0.3) is 5.91 Å². The largest absolute Gasteiger partial charge is 0.497 e. The zero-order valence-electron chi connectivity index (χ0n) is 17.5. The van der Waals surface area contributed by atoms with E-state index < -0.39 is 11.3 Å². The summed E-state index contributed by atoms with van der Waals surface area (Å²) in [5.74, 6) is -0.164. The molecule has 0 saturated carbocycles. The van der Waals surface area contributed by atoms with Crippen LogP contribution in [0.1, 0.15) is 49.0 Å². The summed E-state index contributed by atoms with van der Waals surface area (Å²) in [4.78, 5) is 26.2. The fourth-order valence-corrected chi connectivity index (χ4v) is 5.22. The molecule has 1 amide bonds. The van der Waals surface area contributed by atoms with E-state index >= 15 is 0 Å². The van der Waals surface area contributed by atoms with Gasteiger partial charge < -0.3 is 10.5 Å². The van der Waals surface area contributed by atoms with E-state index in [4.69, 9.17) is 33.7 Å². The summed E-state index contributed by atoms with van der Waals surface area (Å²) in [5, 5.41) is 1.40. The molecule has 0 fully saturated rings. The number of carbonyl (C=O) groups excluding carboxylic acids is 2. The molecule has 1 heterocycles. The average Bonchev–Trinajstić information content (AvgIpc) is 3.11. The van der Waals surface area contributed by atoms with E-state index in [0.717, 1.165) is 11.8 Å². The van der Waals surface area contributed by atoms with Crippen molar-refractivity contribution in [2.24, 2.45) is 5.73 Å². The summed E-state index contributed by atoms with van der Waals surface area (Å²) in [6, 6.07) is 8.33. The average molecular weight is 526 g/mol. The van der Waals surface area contributed by atoms with Gasteiger partial charge >= 0.3 is 0 Å². The number of ether oxygens (including phenoxy) is 1. The van der Waals surface area contributed by atoms with Gasteiger partial charge in [0, 0.05) is 21.1 Å². The van der Waals surface area contributed by atoms with Crippen LogP contribution in [0, 0.1) is 0 Å². The molecule has 8 heteroatoms. The predicted molar refractivity (Wildman–Crippen MR) is 128 cm³/mol. The quantitative estimate of drug-likeness (QED) is 0.391. The molecular formula is C23H23BrCl2N2O3. The van der Waals surface area contributed by atoms with Crippen molar-refractivity contribution in [2.75, 3.05) is 7.11 Å². The Morgan fingerprint density at radius 3 is 2.45 bits per heavy atom. The second kappa shape index (κ2) is 9.23. The van der Waals surface area contributed by atoms with Crippen LogP contribution < -0.4 is 10.5 Å². The number of fused-ring (bicyclic) bond motifs is 1. The molecule has 3 rings (SSSR count). The van der Waals surface area contributed by atoms with Gasteiger partial charge in [-0.25, -0.2) is 0 Å².